The van der Waals surface area contributed by atoms with E-state index in [1.54, 1.807) is 6.20 Å². The molecule has 19 heavy (non-hydrogen) atoms. The molecule has 1 aliphatic heterocycles. The first-order valence-corrected chi connectivity index (χ1v) is 6.92. The number of fused-ring (bicyclic) bond motifs is 1. The van der Waals surface area contributed by atoms with Gasteiger partial charge in [-0.05, 0) is 44.0 Å². The summed E-state index contributed by atoms with van der Waals surface area (Å²) in [6, 6.07) is 9.65. The summed E-state index contributed by atoms with van der Waals surface area (Å²) in [4.78, 5) is 16.7. The molecule has 0 amide bonds. The van der Waals surface area contributed by atoms with Crippen molar-refractivity contribution in [2.45, 2.75) is 19.3 Å². The molecule has 1 aromatic heterocycles. The molecule has 98 valence electrons. The third kappa shape index (κ3) is 2.66. The molecule has 1 aliphatic rings. The van der Waals surface area contributed by atoms with Gasteiger partial charge in [-0.15, -0.1) is 0 Å². The van der Waals surface area contributed by atoms with E-state index in [1.807, 2.05) is 30.3 Å². The summed E-state index contributed by atoms with van der Waals surface area (Å²) in [5, 5.41) is 4.32. The van der Waals surface area contributed by atoms with Crippen molar-refractivity contribution in [2.24, 2.45) is 5.92 Å². The zero-order valence-electron chi connectivity index (χ0n) is 10.9. The fraction of sp³-hybridized carbons (Fsp3) is 0.375. The second-order valence-electron chi connectivity index (χ2n) is 5.20. The van der Waals surface area contributed by atoms with Crippen LogP contribution >= 0.6 is 0 Å². The highest BCUT2D eigenvalue weighted by atomic mass is 16.1. The lowest BCUT2D eigenvalue weighted by Gasteiger charge is -2.08. The monoisotopic (exact) mass is 254 g/mol. The maximum Gasteiger partial charge on any atom is 0.163 e. The SMILES string of the molecule is O=C(CCC1CCNC1)c1cccc2ncccc12. The van der Waals surface area contributed by atoms with Crippen molar-refractivity contribution < 1.29 is 4.79 Å². The van der Waals surface area contributed by atoms with Gasteiger partial charge in [0.2, 0.25) is 0 Å². The van der Waals surface area contributed by atoms with Crippen LogP contribution in [0.2, 0.25) is 0 Å². The fourth-order valence-electron chi connectivity index (χ4n) is 2.78. The zero-order valence-corrected chi connectivity index (χ0v) is 10.9. The van der Waals surface area contributed by atoms with Crippen LogP contribution in [0, 0.1) is 5.92 Å². The summed E-state index contributed by atoms with van der Waals surface area (Å²) in [5.41, 5.74) is 1.72. The number of hydrogen-bond acceptors (Lipinski definition) is 3. The second-order valence-corrected chi connectivity index (χ2v) is 5.20. The highest BCUT2D eigenvalue weighted by Crippen LogP contribution is 2.21. The average molecular weight is 254 g/mol. The minimum Gasteiger partial charge on any atom is -0.316 e. The lowest BCUT2D eigenvalue weighted by molar-refractivity contribution is 0.0976. The number of nitrogens with zero attached hydrogens (tertiary/aromatic N) is 1. The van der Waals surface area contributed by atoms with E-state index in [9.17, 15) is 4.79 Å². The molecule has 3 rings (SSSR count). The molecule has 1 aromatic carbocycles. The number of ketones is 1. The standard InChI is InChI=1S/C16H18N2O/c19-16(7-6-12-8-10-17-11-12)14-3-1-5-15-13(14)4-2-9-18-15/h1-5,9,12,17H,6-8,10-11H2. The van der Waals surface area contributed by atoms with Crippen LogP contribution in [0.25, 0.3) is 10.9 Å². The molecule has 0 aliphatic carbocycles. The molecule has 0 radical (unpaired) electrons. The van der Waals surface area contributed by atoms with Gasteiger partial charge in [0.25, 0.3) is 0 Å². The number of nitrogens with one attached hydrogen (secondary N) is 1. The van der Waals surface area contributed by atoms with Crippen molar-refractivity contribution in [2.75, 3.05) is 13.1 Å². The molecule has 0 spiro atoms. The molecule has 1 unspecified atom stereocenters. The van der Waals surface area contributed by atoms with Crippen molar-refractivity contribution in [1.29, 1.82) is 0 Å². The maximum atomic E-state index is 12.4. The molecular formula is C16H18N2O. The molecule has 0 bridgehead atoms. The van der Waals surface area contributed by atoms with E-state index >= 15 is 0 Å². The van der Waals surface area contributed by atoms with Gasteiger partial charge in [-0.25, -0.2) is 0 Å². The predicted octanol–water partition coefficient (Wildman–Crippen LogP) is 2.81. The molecule has 1 N–H and O–H groups in total. The summed E-state index contributed by atoms with van der Waals surface area (Å²) in [5.74, 6) is 0.905. The Morgan fingerprint density at radius 2 is 2.26 bits per heavy atom. The Hall–Kier alpha value is -1.74. The van der Waals surface area contributed by atoms with Crippen LogP contribution in [-0.2, 0) is 0 Å². The van der Waals surface area contributed by atoms with Crippen LogP contribution in [0.4, 0.5) is 0 Å². The van der Waals surface area contributed by atoms with Gasteiger partial charge in [0.15, 0.2) is 5.78 Å². The van der Waals surface area contributed by atoms with Crippen LogP contribution in [0.3, 0.4) is 0 Å². The minimum absolute atomic E-state index is 0.241. The number of carbonyl (C=O) groups is 1. The highest BCUT2D eigenvalue weighted by Gasteiger charge is 2.17. The molecular weight excluding hydrogens is 236 g/mol. The number of carbonyl (C=O) groups excluding carboxylic acids is 1. The molecule has 1 fully saturated rings. The fourth-order valence-corrected chi connectivity index (χ4v) is 2.78. The maximum absolute atomic E-state index is 12.4. The first-order chi connectivity index (χ1) is 9.34. The van der Waals surface area contributed by atoms with Gasteiger partial charge in [-0.3, -0.25) is 9.78 Å². The van der Waals surface area contributed by atoms with Crippen LogP contribution in [-0.4, -0.2) is 23.9 Å². The van der Waals surface area contributed by atoms with Crippen molar-refractivity contribution in [3.63, 3.8) is 0 Å². The van der Waals surface area contributed by atoms with Crippen LogP contribution in [0.15, 0.2) is 36.5 Å². The van der Waals surface area contributed by atoms with Crippen molar-refractivity contribution in [3.8, 4) is 0 Å². The van der Waals surface area contributed by atoms with E-state index in [1.165, 1.54) is 6.42 Å². The molecule has 2 aromatic rings. The molecule has 1 saturated heterocycles. The number of rotatable bonds is 4. The lowest BCUT2D eigenvalue weighted by atomic mass is 9.96. The van der Waals surface area contributed by atoms with Gasteiger partial charge < -0.3 is 5.32 Å². The van der Waals surface area contributed by atoms with E-state index in [-0.39, 0.29) is 5.78 Å². The number of hydrogen-bond donors (Lipinski definition) is 1. The summed E-state index contributed by atoms with van der Waals surface area (Å²) in [6.07, 6.45) is 4.59. The van der Waals surface area contributed by atoms with E-state index in [0.717, 1.165) is 36.0 Å². The van der Waals surface area contributed by atoms with Gasteiger partial charge >= 0.3 is 0 Å². The normalized spacial score (nSPS) is 18.8. The molecule has 1 atom stereocenters. The molecule has 0 saturated carbocycles. The average Bonchev–Trinajstić information content (AvgIpc) is 2.97. The predicted molar refractivity (Wildman–Crippen MR) is 76.3 cm³/mol. The van der Waals surface area contributed by atoms with Crippen molar-refractivity contribution in [1.82, 2.24) is 10.3 Å². The number of benzene rings is 1. The second kappa shape index (κ2) is 5.49. The summed E-state index contributed by atoms with van der Waals surface area (Å²) >= 11 is 0. The zero-order chi connectivity index (χ0) is 13.1. The van der Waals surface area contributed by atoms with Gasteiger partial charge in [-0.1, -0.05) is 18.2 Å². The third-order valence-electron chi connectivity index (χ3n) is 3.89. The highest BCUT2D eigenvalue weighted by molar-refractivity contribution is 6.07. The molecule has 3 nitrogen and oxygen atoms in total. The number of aromatic nitrogens is 1. The van der Waals surface area contributed by atoms with Crippen molar-refractivity contribution in [3.05, 3.63) is 42.1 Å². The Balaban J connectivity index is 1.77. The van der Waals surface area contributed by atoms with Crippen LogP contribution < -0.4 is 5.32 Å². The smallest absolute Gasteiger partial charge is 0.163 e. The van der Waals surface area contributed by atoms with Crippen LogP contribution in [0.5, 0.6) is 0 Å². The van der Waals surface area contributed by atoms with Gasteiger partial charge in [0.05, 0.1) is 5.52 Å². The Morgan fingerprint density at radius 1 is 1.32 bits per heavy atom. The Bertz CT molecular complexity index is 583. The summed E-state index contributed by atoms with van der Waals surface area (Å²) < 4.78 is 0. The van der Waals surface area contributed by atoms with E-state index in [4.69, 9.17) is 0 Å². The first-order valence-electron chi connectivity index (χ1n) is 6.92. The summed E-state index contributed by atoms with van der Waals surface area (Å²) in [7, 11) is 0. The van der Waals surface area contributed by atoms with Crippen molar-refractivity contribution >= 4 is 16.7 Å². The van der Waals surface area contributed by atoms with Gasteiger partial charge in [-0.2, -0.15) is 0 Å². The largest absolute Gasteiger partial charge is 0.316 e. The topological polar surface area (TPSA) is 42.0 Å². The number of pyridine rings is 1. The third-order valence-corrected chi connectivity index (χ3v) is 3.89. The van der Waals surface area contributed by atoms with Gasteiger partial charge in [0, 0.05) is 23.6 Å². The molecule has 2 heterocycles. The lowest BCUT2D eigenvalue weighted by Crippen LogP contribution is -2.10. The Morgan fingerprint density at radius 3 is 3.11 bits per heavy atom. The minimum atomic E-state index is 0.241. The van der Waals surface area contributed by atoms with Gasteiger partial charge in [0.1, 0.15) is 0 Å². The van der Waals surface area contributed by atoms with E-state index < -0.39 is 0 Å². The Kier molecular flexibility index (Phi) is 3.56. The summed E-state index contributed by atoms with van der Waals surface area (Å²) in [6.45, 7) is 2.15. The van der Waals surface area contributed by atoms with Crippen LogP contribution in [0.1, 0.15) is 29.6 Å². The molecule has 3 heteroatoms. The first kappa shape index (κ1) is 12.3. The van der Waals surface area contributed by atoms with E-state index in [2.05, 4.69) is 10.3 Å². The number of Topliss-reactive ketones (excluding diaryl/α,β-unsaturated/α-hetero) is 1. The van der Waals surface area contributed by atoms with E-state index in [0.29, 0.717) is 12.3 Å². The Labute approximate surface area is 113 Å². The quantitative estimate of drug-likeness (QED) is 0.853.